The highest BCUT2D eigenvalue weighted by Gasteiger charge is 2.19. The van der Waals surface area contributed by atoms with Gasteiger partial charge in [-0.1, -0.05) is 176 Å². The molecule has 0 bridgehead atoms. The quantitative estimate of drug-likeness (QED) is 0.0265. The van der Waals surface area contributed by atoms with Crippen LogP contribution in [0.4, 0.5) is 0 Å². The molecule has 0 N–H and O–H groups in total. The molecule has 0 aliphatic rings. The third-order valence-electron chi connectivity index (χ3n) is 9.62. The van der Waals surface area contributed by atoms with E-state index >= 15 is 0 Å². The average molecular weight is 807 g/mol. The van der Waals surface area contributed by atoms with Crippen molar-refractivity contribution in [2.75, 3.05) is 13.2 Å². The maximum Gasteiger partial charge on any atom is 0.306 e. The zero-order valence-electron chi connectivity index (χ0n) is 37.5. The molecule has 0 aliphatic heterocycles. The van der Waals surface area contributed by atoms with Crippen LogP contribution in [0, 0.1) is 0 Å². The number of rotatable bonds is 41. The molecule has 0 spiro atoms. The fraction of sp³-hybridized carbons (Fsp3) is 0.673. The van der Waals surface area contributed by atoms with Gasteiger partial charge < -0.3 is 14.2 Å². The van der Waals surface area contributed by atoms with E-state index in [1.54, 1.807) is 0 Å². The lowest BCUT2D eigenvalue weighted by atomic mass is 10.1. The molecular weight excluding hydrogens is 721 g/mol. The number of hydrogen-bond donors (Lipinski definition) is 0. The summed E-state index contributed by atoms with van der Waals surface area (Å²) >= 11 is 0. The average Bonchev–Trinajstić information content (AvgIpc) is 3.22. The maximum absolute atomic E-state index is 12.7. The lowest BCUT2D eigenvalue weighted by Gasteiger charge is -2.18. The number of carbonyl (C=O) groups excluding carboxylic acids is 3. The van der Waals surface area contributed by atoms with E-state index < -0.39 is 12.1 Å². The van der Waals surface area contributed by atoms with Gasteiger partial charge in [-0.25, -0.2) is 0 Å². The van der Waals surface area contributed by atoms with Crippen molar-refractivity contribution in [3.8, 4) is 0 Å². The Hall–Kier alpha value is -3.41. The Morgan fingerprint density at radius 2 is 0.724 bits per heavy atom. The normalized spacial score (nSPS) is 12.8. The monoisotopic (exact) mass is 807 g/mol. The SMILES string of the molecule is CC/C=C\C/C=C\C/C=C\C/C=C\CCC(=O)OC(COC(=O)CCCCCCC/C=C\C/C=C\CCCC)COC(=O)CCCCCCC/C=C\CCCCCC. The van der Waals surface area contributed by atoms with E-state index in [1.165, 1.54) is 57.8 Å². The zero-order chi connectivity index (χ0) is 42.3. The highest BCUT2D eigenvalue weighted by molar-refractivity contribution is 5.71. The van der Waals surface area contributed by atoms with Gasteiger partial charge in [0.15, 0.2) is 6.10 Å². The molecule has 6 heteroatoms. The fourth-order valence-corrected chi connectivity index (χ4v) is 6.05. The van der Waals surface area contributed by atoms with E-state index in [2.05, 4.69) is 93.7 Å². The first kappa shape index (κ1) is 54.6. The van der Waals surface area contributed by atoms with Crippen molar-refractivity contribution in [2.24, 2.45) is 0 Å². The van der Waals surface area contributed by atoms with Gasteiger partial charge >= 0.3 is 17.9 Å². The first-order valence-electron chi connectivity index (χ1n) is 23.6. The van der Waals surface area contributed by atoms with Crippen LogP contribution in [0.5, 0.6) is 0 Å². The van der Waals surface area contributed by atoms with Crippen LogP contribution in [0.25, 0.3) is 0 Å². The van der Waals surface area contributed by atoms with E-state index in [4.69, 9.17) is 14.2 Å². The van der Waals surface area contributed by atoms with Crippen molar-refractivity contribution in [3.05, 3.63) is 85.1 Å². The van der Waals surface area contributed by atoms with Gasteiger partial charge in [0.2, 0.25) is 0 Å². The molecule has 1 unspecified atom stereocenters. The van der Waals surface area contributed by atoms with E-state index in [-0.39, 0.29) is 31.6 Å². The molecule has 0 amide bonds. The van der Waals surface area contributed by atoms with Crippen molar-refractivity contribution in [2.45, 2.75) is 213 Å². The summed E-state index contributed by atoms with van der Waals surface area (Å²) in [5, 5.41) is 0. The molecule has 0 heterocycles. The summed E-state index contributed by atoms with van der Waals surface area (Å²) < 4.78 is 16.6. The molecule has 0 saturated carbocycles. The standard InChI is InChI=1S/C52H86O6/c1-4-7-10-13-16-19-22-25-28-30-33-36-39-42-45-51(54)57-48-49(58-52(55)46-43-40-37-34-31-27-24-21-18-15-12-9-6-3)47-56-50(53)44-41-38-35-32-29-26-23-20-17-14-11-8-5-2/h9,12-13,16,18,20-23,25,27,31,37,40,49H,4-8,10-11,14-15,17,19,24,26,28-30,32-36,38-39,41-48H2,1-3H3/b12-9-,16-13-,21-18-,23-20-,25-22-,31-27-,40-37-. The number of carbonyl (C=O) groups is 3. The minimum Gasteiger partial charge on any atom is -0.462 e. The van der Waals surface area contributed by atoms with E-state index in [1.807, 2.05) is 12.2 Å². The van der Waals surface area contributed by atoms with Gasteiger partial charge in [0.1, 0.15) is 13.2 Å². The van der Waals surface area contributed by atoms with Crippen LogP contribution >= 0.6 is 0 Å². The van der Waals surface area contributed by atoms with Crippen LogP contribution in [-0.2, 0) is 28.6 Å². The maximum atomic E-state index is 12.7. The third kappa shape index (κ3) is 43.7. The van der Waals surface area contributed by atoms with Crippen LogP contribution in [-0.4, -0.2) is 37.2 Å². The minimum atomic E-state index is -0.822. The second-order valence-electron chi connectivity index (χ2n) is 15.3. The van der Waals surface area contributed by atoms with Gasteiger partial charge in [-0.2, -0.15) is 0 Å². The van der Waals surface area contributed by atoms with Crippen molar-refractivity contribution in [1.82, 2.24) is 0 Å². The van der Waals surface area contributed by atoms with Crippen LogP contribution in [0.3, 0.4) is 0 Å². The van der Waals surface area contributed by atoms with Crippen molar-refractivity contribution in [1.29, 1.82) is 0 Å². The van der Waals surface area contributed by atoms with Crippen molar-refractivity contribution < 1.29 is 28.6 Å². The van der Waals surface area contributed by atoms with Crippen LogP contribution in [0.15, 0.2) is 85.1 Å². The largest absolute Gasteiger partial charge is 0.462 e. The van der Waals surface area contributed by atoms with Gasteiger partial charge in [-0.05, 0) is 96.3 Å². The predicted octanol–water partition coefficient (Wildman–Crippen LogP) is 15.3. The highest BCUT2D eigenvalue weighted by atomic mass is 16.6. The summed E-state index contributed by atoms with van der Waals surface area (Å²) in [4.78, 5) is 37.8. The Morgan fingerprint density at radius 3 is 1.19 bits per heavy atom. The van der Waals surface area contributed by atoms with Gasteiger partial charge in [-0.15, -0.1) is 0 Å². The smallest absolute Gasteiger partial charge is 0.306 e. The predicted molar refractivity (Wildman–Crippen MR) is 247 cm³/mol. The minimum absolute atomic E-state index is 0.115. The van der Waals surface area contributed by atoms with Gasteiger partial charge in [0.25, 0.3) is 0 Å². The lowest BCUT2D eigenvalue weighted by molar-refractivity contribution is -0.166. The Kier molecular flexibility index (Phi) is 43.6. The molecule has 0 saturated heterocycles. The van der Waals surface area contributed by atoms with E-state index in [9.17, 15) is 14.4 Å². The van der Waals surface area contributed by atoms with E-state index in [0.717, 1.165) is 103 Å². The highest BCUT2D eigenvalue weighted by Crippen LogP contribution is 2.12. The Labute approximate surface area is 356 Å². The lowest BCUT2D eigenvalue weighted by Crippen LogP contribution is -2.30. The van der Waals surface area contributed by atoms with Crippen molar-refractivity contribution in [3.63, 3.8) is 0 Å². The van der Waals surface area contributed by atoms with Gasteiger partial charge in [0, 0.05) is 19.3 Å². The molecule has 0 aromatic rings. The number of ether oxygens (including phenoxy) is 3. The Balaban J connectivity index is 4.52. The summed E-state index contributed by atoms with van der Waals surface area (Å²) in [5.41, 5.74) is 0. The third-order valence-corrected chi connectivity index (χ3v) is 9.62. The van der Waals surface area contributed by atoms with Crippen molar-refractivity contribution >= 4 is 17.9 Å². The Bertz CT molecular complexity index is 1160. The molecule has 58 heavy (non-hydrogen) atoms. The summed E-state index contributed by atoms with van der Waals surface area (Å²) in [6.07, 6.45) is 58.6. The molecular formula is C52H86O6. The second-order valence-corrected chi connectivity index (χ2v) is 15.3. The van der Waals surface area contributed by atoms with Crippen LogP contribution in [0.2, 0.25) is 0 Å². The van der Waals surface area contributed by atoms with Gasteiger partial charge in [0.05, 0.1) is 0 Å². The molecule has 0 fully saturated rings. The van der Waals surface area contributed by atoms with Crippen LogP contribution < -0.4 is 0 Å². The molecule has 0 aromatic carbocycles. The number of hydrogen-bond acceptors (Lipinski definition) is 6. The topological polar surface area (TPSA) is 78.9 Å². The molecule has 1 atom stereocenters. The molecule has 0 rings (SSSR count). The van der Waals surface area contributed by atoms with Gasteiger partial charge in [-0.3, -0.25) is 14.4 Å². The zero-order valence-corrected chi connectivity index (χ0v) is 37.5. The number of unbranched alkanes of at least 4 members (excludes halogenated alkanes) is 16. The molecule has 0 radical (unpaired) electrons. The number of allylic oxidation sites excluding steroid dienone is 14. The molecule has 330 valence electrons. The first-order valence-corrected chi connectivity index (χ1v) is 23.6. The summed E-state index contributed by atoms with van der Waals surface area (Å²) in [5.74, 6) is -1.03. The molecule has 6 nitrogen and oxygen atoms in total. The fourth-order valence-electron chi connectivity index (χ4n) is 6.05. The Morgan fingerprint density at radius 1 is 0.362 bits per heavy atom. The number of esters is 3. The van der Waals surface area contributed by atoms with Crippen LogP contribution in [0.1, 0.15) is 207 Å². The second kappa shape index (κ2) is 46.3. The summed E-state index contributed by atoms with van der Waals surface area (Å²) in [6, 6.07) is 0. The molecule has 0 aliphatic carbocycles. The summed E-state index contributed by atoms with van der Waals surface area (Å²) in [6.45, 7) is 6.36. The molecule has 0 aromatic heterocycles. The van der Waals surface area contributed by atoms with E-state index in [0.29, 0.717) is 19.3 Å². The first-order chi connectivity index (χ1) is 28.5. The summed E-state index contributed by atoms with van der Waals surface area (Å²) in [7, 11) is 0.